The summed E-state index contributed by atoms with van der Waals surface area (Å²) in [6.45, 7) is 7.68. The van der Waals surface area contributed by atoms with Crippen molar-refractivity contribution in [3.8, 4) is 0 Å². The van der Waals surface area contributed by atoms with E-state index in [9.17, 15) is 4.79 Å². The maximum Gasteiger partial charge on any atom is 0.244 e. The Hall–Kier alpha value is -1.47. The largest absolute Gasteiger partial charge is 0.383 e. The predicted octanol–water partition coefficient (Wildman–Crippen LogP) is 0.0997. The Kier molecular flexibility index (Phi) is 6.44. The van der Waals surface area contributed by atoms with Gasteiger partial charge in [0.15, 0.2) is 0 Å². The second-order valence-corrected chi connectivity index (χ2v) is 4.70. The van der Waals surface area contributed by atoms with E-state index in [0.29, 0.717) is 13.2 Å². The fourth-order valence-electron chi connectivity index (χ4n) is 1.50. The summed E-state index contributed by atoms with van der Waals surface area (Å²) in [5.41, 5.74) is 0.806. The van der Waals surface area contributed by atoms with Gasteiger partial charge in [0, 0.05) is 26.2 Å². The Morgan fingerprint density at radius 2 is 2.21 bits per heavy atom. The van der Waals surface area contributed by atoms with Crippen LogP contribution in [0.1, 0.15) is 32.5 Å². The number of methoxy groups -OCH3 is 1. The van der Waals surface area contributed by atoms with Gasteiger partial charge < -0.3 is 15.4 Å². The lowest BCUT2D eigenvalue weighted by Crippen LogP contribution is -2.35. The summed E-state index contributed by atoms with van der Waals surface area (Å²) in [6.07, 6.45) is 1.78. The van der Waals surface area contributed by atoms with Crippen molar-refractivity contribution in [3.05, 3.63) is 11.9 Å². The molecule has 19 heavy (non-hydrogen) atoms. The van der Waals surface area contributed by atoms with E-state index >= 15 is 0 Å². The third-order valence-electron chi connectivity index (χ3n) is 2.55. The standard InChI is InChI=1S/C12H23N5O2/c1-9(2)14-12(18)10(3)17-8-11(15-16-17)7-13-5-6-19-4/h8-10,13H,5-7H2,1-4H3,(H,14,18). The summed E-state index contributed by atoms with van der Waals surface area (Å²) in [5, 5.41) is 14.0. The Labute approximate surface area is 113 Å². The Bertz CT molecular complexity index is 391. The predicted molar refractivity (Wildman–Crippen MR) is 71.6 cm³/mol. The smallest absolute Gasteiger partial charge is 0.244 e. The molecule has 0 radical (unpaired) electrons. The van der Waals surface area contributed by atoms with Crippen LogP contribution in [0, 0.1) is 0 Å². The van der Waals surface area contributed by atoms with Crippen LogP contribution in [0.3, 0.4) is 0 Å². The third-order valence-corrected chi connectivity index (χ3v) is 2.55. The quantitative estimate of drug-likeness (QED) is 0.654. The number of aromatic nitrogens is 3. The number of ether oxygens (including phenoxy) is 1. The van der Waals surface area contributed by atoms with E-state index in [-0.39, 0.29) is 18.0 Å². The van der Waals surface area contributed by atoms with Crippen LogP contribution < -0.4 is 10.6 Å². The van der Waals surface area contributed by atoms with Crippen molar-refractivity contribution in [3.63, 3.8) is 0 Å². The average Bonchev–Trinajstić information content (AvgIpc) is 2.81. The Morgan fingerprint density at radius 3 is 2.84 bits per heavy atom. The minimum Gasteiger partial charge on any atom is -0.383 e. The number of rotatable bonds is 8. The fraction of sp³-hybridized carbons (Fsp3) is 0.750. The van der Waals surface area contributed by atoms with Gasteiger partial charge in [0.1, 0.15) is 6.04 Å². The zero-order valence-corrected chi connectivity index (χ0v) is 12.0. The fourth-order valence-corrected chi connectivity index (χ4v) is 1.50. The number of hydrogen-bond acceptors (Lipinski definition) is 5. The lowest BCUT2D eigenvalue weighted by Gasteiger charge is -2.13. The van der Waals surface area contributed by atoms with Gasteiger partial charge in [0.2, 0.25) is 5.91 Å². The number of hydrogen-bond donors (Lipinski definition) is 2. The van der Waals surface area contributed by atoms with E-state index in [2.05, 4.69) is 20.9 Å². The molecular formula is C12H23N5O2. The van der Waals surface area contributed by atoms with Crippen molar-refractivity contribution in [2.45, 2.75) is 39.4 Å². The molecule has 1 unspecified atom stereocenters. The third kappa shape index (κ3) is 5.35. The zero-order valence-electron chi connectivity index (χ0n) is 12.0. The van der Waals surface area contributed by atoms with E-state index in [1.165, 1.54) is 0 Å². The van der Waals surface area contributed by atoms with Gasteiger partial charge in [-0.1, -0.05) is 5.21 Å². The molecule has 1 atom stereocenters. The van der Waals surface area contributed by atoms with Gasteiger partial charge in [-0.25, -0.2) is 4.68 Å². The minimum atomic E-state index is -0.359. The average molecular weight is 269 g/mol. The van der Waals surface area contributed by atoms with Crippen LogP contribution in [0.4, 0.5) is 0 Å². The lowest BCUT2D eigenvalue weighted by atomic mass is 10.3. The normalized spacial score (nSPS) is 12.7. The molecule has 0 saturated carbocycles. The highest BCUT2D eigenvalue weighted by Gasteiger charge is 2.17. The van der Waals surface area contributed by atoms with Crippen molar-refractivity contribution >= 4 is 5.91 Å². The topological polar surface area (TPSA) is 81.1 Å². The van der Waals surface area contributed by atoms with Gasteiger partial charge in [-0.15, -0.1) is 5.10 Å². The molecule has 0 aliphatic rings. The molecule has 7 nitrogen and oxygen atoms in total. The summed E-state index contributed by atoms with van der Waals surface area (Å²) in [5.74, 6) is -0.0567. The van der Waals surface area contributed by atoms with E-state index in [1.54, 1.807) is 24.9 Å². The molecule has 7 heteroatoms. The number of carbonyl (C=O) groups excluding carboxylic acids is 1. The molecule has 0 fully saturated rings. The van der Waals surface area contributed by atoms with Crippen LogP contribution >= 0.6 is 0 Å². The van der Waals surface area contributed by atoms with Crippen molar-refractivity contribution in [1.29, 1.82) is 0 Å². The summed E-state index contributed by atoms with van der Waals surface area (Å²) in [6, 6.07) is -0.240. The molecule has 0 aliphatic heterocycles. The monoisotopic (exact) mass is 269 g/mol. The number of amides is 1. The first kappa shape index (κ1) is 15.6. The van der Waals surface area contributed by atoms with E-state index in [0.717, 1.165) is 12.2 Å². The van der Waals surface area contributed by atoms with Crippen molar-refractivity contribution in [2.75, 3.05) is 20.3 Å². The summed E-state index contributed by atoms with van der Waals surface area (Å²) >= 11 is 0. The maximum atomic E-state index is 11.8. The first-order valence-corrected chi connectivity index (χ1v) is 6.45. The van der Waals surface area contributed by atoms with Gasteiger partial charge in [0.05, 0.1) is 18.5 Å². The van der Waals surface area contributed by atoms with Crippen molar-refractivity contribution in [2.24, 2.45) is 0 Å². The second-order valence-electron chi connectivity index (χ2n) is 4.70. The molecule has 0 saturated heterocycles. The van der Waals surface area contributed by atoms with Crippen LogP contribution in [-0.2, 0) is 16.1 Å². The molecule has 1 rings (SSSR count). The molecule has 1 heterocycles. The first-order chi connectivity index (χ1) is 9.04. The molecular weight excluding hydrogens is 246 g/mol. The van der Waals surface area contributed by atoms with Crippen LogP contribution in [0.25, 0.3) is 0 Å². The summed E-state index contributed by atoms with van der Waals surface area (Å²) in [4.78, 5) is 11.8. The number of nitrogens with one attached hydrogen (secondary N) is 2. The first-order valence-electron chi connectivity index (χ1n) is 6.45. The molecule has 0 spiro atoms. The molecule has 1 aromatic rings. The number of nitrogens with zero attached hydrogens (tertiary/aromatic N) is 3. The summed E-state index contributed by atoms with van der Waals surface area (Å²) < 4.78 is 6.51. The maximum absolute atomic E-state index is 11.8. The highest BCUT2D eigenvalue weighted by Crippen LogP contribution is 2.05. The van der Waals surface area contributed by atoms with Crippen LogP contribution in [0.2, 0.25) is 0 Å². The molecule has 0 aromatic carbocycles. The zero-order chi connectivity index (χ0) is 14.3. The highest BCUT2D eigenvalue weighted by molar-refractivity contribution is 5.79. The van der Waals surface area contributed by atoms with Crippen LogP contribution in [0.5, 0.6) is 0 Å². The van der Waals surface area contributed by atoms with E-state index < -0.39 is 0 Å². The molecule has 108 valence electrons. The van der Waals surface area contributed by atoms with Crippen molar-refractivity contribution in [1.82, 2.24) is 25.6 Å². The Morgan fingerprint density at radius 1 is 1.47 bits per heavy atom. The van der Waals surface area contributed by atoms with Gasteiger partial charge in [-0.2, -0.15) is 0 Å². The van der Waals surface area contributed by atoms with Crippen LogP contribution in [0.15, 0.2) is 6.20 Å². The van der Waals surface area contributed by atoms with Gasteiger partial charge in [0.25, 0.3) is 0 Å². The summed E-state index contributed by atoms with van der Waals surface area (Å²) in [7, 11) is 1.66. The molecule has 0 bridgehead atoms. The van der Waals surface area contributed by atoms with Crippen molar-refractivity contribution < 1.29 is 9.53 Å². The number of carbonyl (C=O) groups is 1. The van der Waals surface area contributed by atoms with Crippen LogP contribution in [-0.4, -0.2) is 47.2 Å². The highest BCUT2D eigenvalue weighted by atomic mass is 16.5. The molecule has 1 amide bonds. The molecule has 1 aromatic heterocycles. The van der Waals surface area contributed by atoms with Gasteiger partial charge in [-0.3, -0.25) is 4.79 Å². The van der Waals surface area contributed by atoms with E-state index in [1.807, 2.05) is 13.8 Å². The SMILES string of the molecule is COCCNCc1cn(C(C)C(=O)NC(C)C)nn1. The van der Waals surface area contributed by atoms with E-state index in [4.69, 9.17) is 4.74 Å². The lowest BCUT2D eigenvalue weighted by molar-refractivity contribution is -0.124. The van der Waals surface area contributed by atoms with Gasteiger partial charge in [-0.05, 0) is 20.8 Å². The molecule has 0 aliphatic carbocycles. The minimum absolute atomic E-state index is 0.0567. The van der Waals surface area contributed by atoms with Gasteiger partial charge >= 0.3 is 0 Å². The molecule has 2 N–H and O–H groups in total. The second kappa shape index (κ2) is 7.85. The Balaban J connectivity index is 2.46.